The Morgan fingerprint density at radius 3 is 2.71 bits per heavy atom. The molecule has 0 fully saturated rings. The normalized spacial score (nSPS) is 11.0. The number of rotatable bonds is 5. The molecule has 6 nitrogen and oxygen atoms in total. The van der Waals surface area contributed by atoms with E-state index < -0.39 is 0 Å². The molecule has 4 aromatic rings. The molecule has 3 heterocycles. The van der Waals surface area contributed by atoms with E-state index in [9.17, 15) is 0 Å². The highest BCUT2D eigenvalue weighted by atomic mass is 35.5. The van der Waals surface area contributed by atoms with Gasteiger partial charge in [-0.1, -0.05) is 28.5 Å². The van der Waals surface area contributed by atoms with Crippen LogP contribution in [0.4, 0.5) is 0 Å². The van der Waals surface area contributed by atoms with Gasteiger partial charge < -0.3 is 8.94 Å². The van der Waals surface area contributed by atoms with Gasteiger partial charge in [-0.2, -0.15) is 16.3 Å². The molecule has 0 spiro atoms. The summed E-state index contributed by atoms with van der Waals surface area (Å²) < 4.78 is 10.9. The van der Waals surface area contributed by atoms with Gasteiger partial charge in [0.2, 0.25) is 5.89 Å². The first-order valence-corrected chi connectivity index (χ1v) is 9.16. The van der Waals surface area contributed by atoms with Crippen LogP contribution in [-0.4, -0.2) is 20.3 Å². The Morgan fingerprint density at radius 1 is 1.04 bits per heavy atom. The van der Waals surface area contributed by atoms with E-state index in [2.05, 4.69) is 20.3 Å². The fourth-order valence-corrected chi connectivity index (χ4v) is 3.28. The maximum atomic E-state index is 5.87. The van der Waals surface area contributed by atoms with Crippen LogP contribution in [0.3, 0.4) is 0 Å². The molecule has 0 amide bonds. The van der Waals surface area contributed by atoms with Crippen molar-refractivity contribution >= 4 is 34.7 Å². The van der Waals surface area contributed by atoms with Crippen molar-refractivity contribution in [2.45, 2.75) is 11.0 Å². The molecule has 0 aliphatic carbocycles. The monoisotopic (exact) mass is 376 g/mol. The van der Waals surface area contributed by atoms with E-state index in [-0.39, 0.29) is 0 Å². The molecular weight excluding hydrogens is 368 g/mol. The number of nitrogens with zero attached hydrogens (tertiary/aromatic N) is 4. The largest absolute Gasteiger partial charge is 0.411 e. The van der Waals surface area contributed by atoms with Crippen LogP contribution >= 0.6 is 34.7 Å². The van der Waals surface area contributed by atoms with Crippen molar-refractivity contribution in [1.29, 1.82) is 0 Å². The van der Waals surface area contributed by atoms with Crippen LogP contribution in [0.1, 0.15) is 5.82 Å². The van der Waals surface area contributed by atoms with Crippen LogP contribution in [0.5, 0.6) is 0 Å². The molecule has 0 unspecified atom stereocenters. The number of hydrogen-bond donors (Lipinski definition) is 0. The molecule has 0 atom stereocenters. The SMILES string of the molecule is Clc1ccc(-c2nnc(SCc3noc(-c4ccsc4)n3)o2)cc1. The lowest BCUT2D eigenvalue weighted by atomic mass is 10.2. The van der Waals surface area contributed by atoms with Crippen molar-refractivity contribution in [2.24, 2.45) is 0 Å². The van der Waals surface area contributed by atoms with Gasteiger partial charge in [-0.05, 0) is 35.7 Å². The minimum absolute atomic E-state index is 0.446. The van der Waals surface area contributed by atoms with Crippen LogP contribution in [-0.2, 0) is 5.75 Å². The zero-order valence-corrected chi connectivity index (χ0v) is 14.4. The molecule has 9 heteroatoms. The first kappa shape index (κ1) is 15.4. The van der Waals surface area contributed by atoms with Crippen LogP contribution in [0.25, 0.3) is 22.9 Å². The lowest BCUT2D eigenvalue weighted by Gasteiger charge is -1.94. The molecule has 0 radical (unpaired) electrons. The number of benzene rings is 1. The third kappa shape index (κ3) is 3.35. The van der Waals surface area contributed by atoms with Gasteiger partial charge in [0.05, 0.1) is 11.3 Å². The van der Waals surface area contributed by atoms with Crippen LogP contribution in [0.15, 0.2) is 55.3 Å². The quantitative estimate of drug-likeness (QED) is 0.463. The van der Waals surface area contributed by atoms with Crippen molar-refractivity contribution in [3.63, 3.8) is 0 Å². The molecule has 0 aliphatic rings. The first-order chi connectivity index (χ1) is 11.8. The minimum Gasteiger partial charge on any atom is -0.411 e. The van der Waals surface area contributed by atoms with E-state index in [0.29, 0.717) is 33.6 Å². The maximum absolute atomic E-state index is 5.87. The van der Waals surface area contributed by atoms with Gasteiger partial charge in [0, 0.05) is 16.0 Å². The van der Waals surface area contributed by atoms with Gasteiger partial charge in [-0.15, -0.1) is 10.2 Å². The summed E-state index contributed by atoms with van der Waals surface area (Å²) >= 11 is 8.80. The predicted octanol–water partition coefficient (Wildman–Crippen LogP) is 4.79. The summed E-state index contributed by atoms with van der Waals surface area (Å²) in [6.45, 7) is 0. The van der Waals surface area contributed by atoms with Crippen molar-refractivity contribution in [3.8, 4) is 22.9 Å². The Balaban J connectivity index is 1.42. The minimum atomic E-state index is 0.446. The zero-order chi connectivity index (χ0) is 16.4. The van der Waals surface area contributed by atoms with Crippen LogP contribution in [0.2, 0.25) is 5.02 Å². The van der Waals surface area contributed by atoms with Crippen molar-refractivity contribution in [2.75, 3.05) is 0 Å². The summed E-state index contributed by atoms with van der Waals surface area (Å²) in [6, 6.07) is 9.15. The summed E-state index contributed by atoms with van der Waals surface area (Å²) in [5, 5.41) is 17.0. The highest BCUT2D eigenvalue weighted by molar-refractivity contribution is 7.98. The number of hydrogen-bond acceptors (Lipinski definition) is 8. The summed E-state index contributed by atoms with van der Waals surface area (Å²) in [7, 11) is 0. The molecule has 4 rings (SSSR count). The van der Waals surface area contributed by atoms with Crippen LogP contribution in [0, 0.1) is 0 Å². The number of halogens is 1. The van der Waals surface area contributed by atoms with E-state index in [0.717, 1.165) is 11.1 Å². The smallest absolute Gasteiger partial charge is 0.277 e. The summed E-state index contributed by atoms with van der Waals surface area (Å²) in [6.07, 6.45) is 0. The summed E-state index contributed by atoms with van der Waals surface area (Å²) in [5.74, 6) is 2.02. The Kier molecular flexibility index (Phi) is 4.33. The lowest BCUT2D eigenvalue weighted by Crippen LogP contribution is -1.84. The second kappa shape index (κ2) is 6.76. The average molecular weight is 377 g/mol. The fraction of sp³-hybridized carbons (Fsp3) is 0.0667. The van der Waals surface area contributed by atoms with Gasteiger partial charge >= 0.3 is 0 Å². The van der Waals surface area contributed by atoms with E-state index >= 15 is 0 Å². The number of aromatic nitrogens is 4. The van der Waals surface area contributed by atoms with E-state index in [1.165, 1.54) is 11.8 Å². The standard InChI is InChI=1S/C15H9ClN4O2S2/c16-11-3-1-9(2-4-11)14-18-19-15(21-14)24-8-12-17-13(22-20-12)10-5-6-23-7-10/h1-7H,8H2. The number of thioether (sulfide) groups is 1. The predicted molar refractivity (Wildman–Crippen MR) is 91.9 cm³/mol. The summed E-state index contributed by atoms with van der Waals surface area (Å²) in [5.41, 5.74) is 1.74. The number of thiophene rings is 1. The second-order valence-corrected chi connectivity index (χ2v) is 6.84. The van der Waals surface area contributed by atoms with Crippen molar-refractivity contribution < 1.29 is 8.94 Å². The van der Waals surface area contributed by atoms with Crippen LogP contribution < -0.4 is 0 Å². The average Bonchev–Trinajstić information content (AvgIpc) is 3.34. The molecule has 0 aliphatic heterocycles. The van der Waals surface area contributed by atoms with Gasteiger partial charge in [0.15, 0.2) is 5.82 Å². The Morgan fingerprint density at radius 2 is 1.92 bits per heavy atom. The zero-order valence-electron chi connectivity index (χ0n) is 12.0. The fourth-order valence-electron chi connectivity index (χ4n) is 1.92. The molecule has 0 saturated carbocycles. The summed E-state index contributed by atoms with van der Waals surface area (Å²) in [4.78, 5) is 4.35. The van der Waals surface area contributed by atoms with E-state index in [4.69, 9.17) is 20.5 Å². The molecule has 120 valence electrons. The molecular formula is C15H9ClN4O2S2. The van der Waals surface area contributed by atoms with E-state index in [1.807, 2.05) is 29.0 Å². The molecule has 1 aromatic carbocycles. The van der Waals surface area contributed by atoms with Gasteiger partial charge in [-0.3, -0.25) is 0 Å². The maximum Gasteiger partial charge on any atom is 0.277 e. The third-order valence-electron chi connectivity index (χ3n) is 3.06. The molecule has 0 bridgehead atoms. The van der Waals surface area contributed by atoms with Crippen molar-refractivity contribution in [1.82, 2.24) is 20.3 Å². The third-order valence-corrected chi connectivity index (χ3v) is 4.81. The lowest BCUT2D eigenvalue weighted by molar-refractivity contribution is 0.425. The molecule has 0 N–H and O–H groups in total. The highest BCUT2D eigenvalue weighted by Gasteiger charge is 2.13. The first-order valence-electron chi connectivity index (χ1n) is 6.85. The Hall–Kier alpha value is -2.16. The van der Waals surface area contributed by atoms with Gasteiger partial charge in [-0.25, -0.2) is 0 Å². The second-order valence-electron chi connectivity index (χ2n) is 4.70. The Bertz CT molecular complexity index is 935. The molecule has 24 heavy (non-hydrogen) atoms. The molecule has 0 saturated heterocycles. The van der Waals surface area contributed by atoms with Gasteiger partial charge in [0.1, 0.15) is 0 Å². The topological polar surface area (TPSA) is 77.8 Å². The van der Waals surface area contributed by atoms with E-state index in [1.54, 1.807) is 23.5 Å². The Labute approximate surface area is 149 Å². The van der Waals surface area contributed by atoms with Gasteiger partial charge in [0.25, 0.3) is 11.1 Å². The highest BCUT2D eigenvalue weighted by Crippen LogP contribution is 2.27. The van der Waals surface area contributed by atoms with Crippen molar-refractivity contribution in [3.05, 3.63) is 51.9 Å². The molecule has 3 aromatic heterocycles.